The van der Waals surface area contributed by atoms with Crippen LogP contribution in [0.25, 0.3) is 17.1 Å². The zero-order valence-corrected chi connectivity index (χ0v) is 28.0. The number of nitrogens with one attached hydrogen (secondary N) is 8. The number of Topliss-reactive ketones (excluding diaryl/α,β-unsaturated/α-hetero) is 1. The molecule has 8 N–H and O–H groups in total. The number of carbonyl (C=O) groups is 4. The molecule has 18 heteroatoms. The first-order valence-corrected chi connectivity index (χ1v) is 16.1. The number of fused-ring (bicyclic) bond motifs is 2. The number of hydrazone groups is 2. The van der Waals surface area contributed by atoms with Gasteiger partial charge in [-0.3, -0.25) is 30.0 Å². The van der Waals surface area contributed by atoms with E-state index in [0.717, 1.165) is 5.69 Å². The number of aldehydes is 1. The van der Waals surface area contributed by atoms with Gasteiger partial charge >= 0.3 is 11.4 Å². The van der Waals surface area contributed by atoms with Gasteiger partial charge in [0.25, 0.3) is 11.8 Å². The van der Waals surface area contributed by atoms with Crippen LogP contribution in [-0.4, -0.2) is 68.5 Å². The number of ketones is 1. The summed E-state index contributed by atoms with van der Waals surface area (Å²) in [7, 11) is 0. The highest BCUT2D eigenvalue weighted by Gasteiger charge is 2.21. The molecular formula is C35H32N10O8. The van der Waals surface area contributed by atoms with E-state index in [2.05, 4.69) is 51.6 Å². The molecule has 0 atom stereocenters. The number of benzene rings is 3. The van der Waals surface area contributed by atoms with E-state index in [0.29, 0.717) is 70.1 Å². The van der Waals surface area contributed by atoms with Crippen molar-refractivity contribution in [3.8, 4) is 11.5 Å². The standard InChI is InChI=1S/C35H32N10O8/c1-19(47)31(33(49)37-21-11-13-23-27(17-21)41-35(51)39-23)45-43-25-7-3-5-9-30(25)53-15-14-52-29-8-4-2-6-24(29)42-44-28(18-46)32(48)36-20-10-12-22-26(16-20)40-34(50)38-22/h2-10,12,16-18,42-43H,11,13-15H2,1H3,(H,36,48)(H,37,49)(H2,38,40,50)(H2,39,41,51)/b44-28-,45-31-. The molecule has 1 aliphatic carbocycles. The third-order valence-electron chi connectivity index (χ3n) is 7.70. The van der Waals surface area contributed by atoms with Crippen LogP contribution >= 0.6 is 0 Å². The van der Waals surface area contributed by atoms with E-state index in [4.69, 9.17) is 9.47 Å². The predicted molar refractivity (Wildman–Crippen MR) is 196 cm³/mol. The molecule has 2 aromatic heterocycles. The maximum atomic E-state index is 13.0. The summed E-state index contributed by atoms with van der Waals surface area (Å²) in [6.07, 6.45) is 2.89. The number of H-pyrrole nitrogens is 4. The Balaban J connectivity index is 1.03. The van der Waals surface area contributed by atoms with E-state index in [9.17, 15) is 28.8 Å². The highest BCUT2D eigenvalue weighted by Crippen LogP contribution is 2.26. The molecule has 2 amide bonds. The van der Waals surface area contributed by atoms with Gasteiger partial charge in [0.05, 0.1) is 28.1 Å². The molecule has 3 aromatic carbocycles. The molecule has 0 unspecified atom stereocenters. The molecule has 0 fully saturated rings. The van der Waals surface area contributed by atoms with Crippen LogP contribution in [0.1, 0.15) is 24.7 Å². The number of amides is 2. The van der Waals surface area contributed by atoms with Crippen molar-refractivity contribution < 1.29 is 28.7 Å². The van der Waals surface area contributed by atoms with Crippen molar-refractivity contribution in [3.63, 3.8) is 0 Å². The zero-order chi connectivity index (χ0) is 37.3. The number of carbonyl (C=O) groups excluding carboxylic acids is 4. The van der Waals surface area contributed by atoms with E-state index in [-0.39, 0.29) is 24.6 Å². The number of aromatic nitrogens is 4. The van der Waals surface area contributed by atoms with Gasteiger partial charge in [-0.15, -0.1) is 0 Å². The number of anilines is 3. The van der Waals surface area contributed by atoms with Gasteiger partial charge in [-0.1, -0.05) is 24.3 Å². The lowest BCUT2D eigenvalue weighted by molar-refractivity contribution is -0.117. The zero-order valence-electron chi connectivity index (χ0n) is 28.0. The van der Waals surface area contributed by atoms with Gasteiger partial charge in [0.1, 0.15) is 24.7 Å². The van der Waals surface area contributed by atoms with Crippen molar-refractivity contribution in [3.05, 3.63) is 105 Å². The number of hydrogen-bond acceptors (Lipinski definition) is 12. The van der Waals surface area contributed by atoms with Crippen molar-refractivity contribution in [1.29, 1.82) is 0 Å². The van der Waals surface area contributed by atoms with E-state index in [1.807, 2.05) is 0 Å². The van der Waals surface area contributed by atoms with Crippen LogP contribution in [0.4, 0.5) is 17.1 Å². The van der Waals surface area contributed by atoms with Crippen molar-refractivity contribution in [2.24, 2.45) is 10.2 Å². The van der Waals surface area contributed by atoms with Crippen LogP contribution in [-0.2, 0) is 25.6 Å². The van der Waals surface area contributed by atoms with Gasteiger partial charge in [-0.05, 0) is 61.4 Å². The van der Waals surface area contributed by atoms with Crippen LogP contribution in [0.3, 0.4) is 0 Å². The van der Waals surface area contributed by atoms with E-state index in [1.165, 1.54) is 13.0 Å². The number of nitrogens with zero attached hydrogens (tertiary/aromatic N) is 2. The summed E-state index contributed by atoms with van der Waals surface area (Å²) in [6, 6.07) is 18.2. The number of imidazole rings is 2. The molecule has 53 heavy (non-hydrogen) atoms. The molecule has 0 bridgehead atoms. The summed E-state index contributed by atoms with van der Waals surface area (Å²) in [4.78, 5) is 83.4. The molecule has 0 radical (unpaired) electrons. The largest absolute Gasteiger partial charge is 0.488 e. The maximum Gasteiger partial charge on any atom is 0.323 e. The van der Waals surface area contributed by atoms with Crippen LogP contribution in [0.5, 0.6) is 11.5 Å². The molecular weight excluding hydrogens is 688 g/mol. The monoisotopic (exact) mass is 720 g/mol. The number of aromatic amines is 4. The Labute approximate surface area is 298 Å². The molecule has 2 heterocycles. The van der Waals surface area contributed by atoms with E-state index in [1.54, 1.807) is 66.7 Å². The quantitative estimate of drug-likeness (QED) is 0.0258. The fourth-order valence-corrected chi connectivity index (χ4v) is 5.20. The van der Waals surface area contributed by atoms with E-state index < -0.39 is 29.0 Å². The SMILES string of the molecule is CC(=O)/C(=N/Nc1ccccc1OCCOc1ccccc1N/N=C(/C=O)C(=O)Nc1ccc2[nH]c(=O)[nH]c2c1)C(=O)NC1=Cc2[nH]c(=O)[nH]c2CC1. The molecule has 5 aromatic rings. The fraction of sp³-hybridized carbons (Fsp3) is 0.143. The van der Waals surface area contributed by atoms with E-state index >= 15 is 0 Å². The first-order valence-electron chi connectivity index (χ1n) is 16.1. The number of hydrogen-bond donors (Lipinski definition) is 8. The van der Waals surface area contributed by atoms with Crippen LogP contribution in [0.2, 0.25) is 0 Å². The number of ether oxygens (including phenoxy) is 2. The molecule has 0 saturated carbocycles. The van der Waals surface area contributed by atoms with Gasteiger partial charge in [-0.2, -0.15) is 10.2 Å². The molecule has 0 aliphatic heterocycles. The molecule has 1 aliphatic rings. The first kappa shape index (κ1) is 35.3. The van der Waals surface area contributed by atoms with Crippen molar-refractivity contribution >= 4 is 69.5 Å². The Hall–Kier alpha value is -7.50. The third-order valence-corrected chi connectivity index (χ3v) is 7.70. The maximum absolute atomic E-state index is 13.0. The number of para-hydroxylation sites is 4. The summed E-state index contributed by atoms with van der Waals surface area (Å²) >= 11 is 0. The summed E-state index contributed by atoms with van der Waals surface area (Å²) in [5.41, 5.74) is 7.82. The van der Waals surface area contributed by atoms with Crippen LogP contribution < -0.4 is 42.3 Å². The Bertz CT molecular complexity index is 2420. The lowest BCUT2D eigenvalue weighted by atomic mass is 10.1. The van der Waals surface area contributed by atoms with Crippen molar-refractivity contribution in [2.45, 2.75) is 19.8 Å². The van der Waals surface area contributed by atoms with Gasteiger partial charge in [0.15, 0.2) is 23.5 Å². The van der Waals surface area contributed by atoms with Gasteiger partial charge < -0.3 is 40.0 Å². The van der Waals surface area contributed by atoms with Gasteiger partial charge in [0, 0.05) is 24.0 Å². The van der Waals surface area contributed by atoms with Crippen LogP contribution in [0, 0.1) is 0 Å². The minimum absolute atomic E-state index is 0.0646. The summed E-state index contributed by atoms with van der Waals surface area (Å²) in [6.45, 7) is 1.35. The van der Waals surface area contributed by atoms with Gasteiger partial charge in [0.2, 0.25) is 0 Å². The summed E-state index contributed by atoms with van der Waals surface area (Å²) in [5, 5.41) is 13.3. The second-order valence-electron chi connectivity index (χ2n) is 11.4. The van der Waals surface area contributed by atoms with Crippen LogP contribution in [0.15, 0.2) is 92.2 Å². The Morgan fingerprint density at radius 1 is 0.755 bits per heavy atom. The molecule has 0 saturated heterocycles. The Kier molecular flexibility index (Phi) is 10.7. The topological polar surface area (TPSA) is 257 Å². The summed E-state index contributed by atoms with van der Waals surface area (Å²) in [5.74, 6) is -1.34. The lowest BCUT2D eigenvalue weighted by Gasteiger charge is -2.15. The fourth-order valence-electron chi connectivity index (χ4n) is 5.20. The molecule has 270 valence electrons. The Morgan fingerprint density at radius 2 is 1.40 bits per heavy atom. The van der Waals surface area contributed by atoms with Crippen molar-refractivity contribution in [2.75, 3.05) is 29.4 Å². The average Bonchev–Trinajstić information content (AvgIpc) is 3.70. The number of allylic oxidation sites excluding steroid dienone is 1. The minimum atomic E-state index is -0.778. The normalized spacial score (nSPS) is 12.7. The predicted octanol–water partition coefficient (Wildman–Crippen LogP) is 2.40. The smallest absolute Gasteiger partial charge is 0.323 e. The third kappa shape index (κ3) is 8.81. The summed E-state index contributed by atoms with van der Waals surface area (Å²) < 4.78 is 11.8. The number of rotatable bonds is 15. The molecule has 6 rings (SSSR count). The number of aryl methyl sites for hydroxylation is 1. The van der Waals surface area contributed by atoms with Crippen molar-refractivity contribution in [1.82, 2.24) is 25.3 Å². The molecule has 18 nitrogen and oxygen atoms in total. The van der Waals surface area contributed by atoms with Gasteiger partial charge in [-0.25, -0.2) is 9.59 Å². The second-order valence-corrected chi connectivity index (χ2v) is 11.4. The highest BCUT2D eigenvalue weighted by molar-refractivity contribution is 6.65. The first-order chi connectivity index (χ1) is 25.7. The second kappa shape index (κ2) is 16.0. The minimum Gasteiger partial charge on any atom is -0.488 e. The molecule has 0 spiro atoms. The lowest BCUT2D eigenvalue weighted by Crippen LogP contribution is -2.35. The highest BCUT2D eigenvalue weighted by atomic mass is 16.5. The Morgan fingerprint density at radius 3 is 2.08 bits per heavy atom. The average molecular weight is 721 g/mol.